The number of ether oxygens (including phenoxy) is 1. The van der Waals surface area contributed by atoms with Gasteiger partial charge in [-0.2, -0.15) is 13.2 Å². The Balaban J connectivity index is 1.89. The van der Waals surface area contributed by atoms with Crippen LogP contribution < -0.4 is 5.32 Å². The highest BCUT2D eigenvalue weighted by Crippen LogP contribution is 2.33. The minimum atomic E-state index is -4.56. The van der Waals surface area contributed by atoms with Crippen LogP contribution in [0.3, 0.4) is 0 Å². The SMILES string of the molecule is O=C1CCOCCN1CCCNc1nc(Cl)ncc1C(F)(F)F. The Morgan fingerprint density at radius 2 is 2.17 bits per heavy atom. The molecule has 2 rings (SSSR count). The van der Waals surface area contributed by atoms with E-state index in [2.05, 4.69) is 15.3 Å². The maximum absolute atomic E-state index is 12.8. The second-order valence-electron chi connectivity index (χ2n) is 4.92. The molecule has 1 fully saturated rings. The Labute approximate surface area is 136 Å². The van der Waals surface area contributed by atoms with Crippen molar-refractivity contribution < 1.29 is 22.7 Å². The molecule has 1 aliphatic heterocycles. The van der Waals surface area contributed by atoms with Crippen LogP contribution in [0, 0.1) is 0 Å². The van der Waals surface area contributed by atoms with E-state index in [0.29, 0.717) is 45.3 Å². The van der Waals surface area contributed by atoms with Crippen molar-refractivity contribution in [2.75, 3.05) is 38.2 Å². The molecule has 0 radical (unpaired) electrons. The summed E-state index contributed by atoms with van der Waals surface area (Å²) in [6.07, 6.45) is -3.11. The summed E-state index contributed by atoms with van der Waals surface area (Å²) in [6, 6.07) is 0. The minimum Gasteiger partial charge on any atom is -0.379 e. The zero-order chi connectivity index (χ0) is 16.9. The van der Waals surface area contributed by atoms with E-state index in [1.54, 1.807) is 4.90 Å². The molecule has 1 aliphatic rings. The van der Waals surface area contributed by atoms with E-state index in [-0.39, 0.29) is 23.6 Å². The number of alkyl halides is 3. The van der Waals surface area contributed by atoms with Crippen molar-refractivity contribution in [1.82, 2.24) is 14.9 Å². The first-order valence-electron chi connectivity index (χ1n) is 7.07. The highest BCUT2D eigenvalue weighted by molar-refractivity contribution is 6.28. The Bertz CT molecular complexity index is 557. The largest absolute Gasteiger partial charge is 0.421 e. The number of nitrogens with one attached hydrogen (secondary N) is 1. The summed E-state index contributed by atoms with van der Waals surface area (Å²) in [5.74, 6) is -0.369. The number of nitrogens with zero attached hydrogens (tertiary/aromatic N) is 3. The molecule has 128 valence electrons. The highest BCUT2D eigenvalue weighted by atomic mass is 35.5. The van der Waals surface area contributed by atoms with Gasteiger partial charge in [0.15, 0.2) is 0 Å². The van der Waals surface area contributed by atoms with E-state index in [4.69, 9.17) is 16.3 Å². The Morgan fingerprint density at radius 1 is 1.39 bits per heavy atom. The van der Waals surface area contributed by atoms with Gasteiger partial charge in [-0.25, -0.2) is 9.97 Å². The van der Waals surface area contributed by atoms with Crippen LogP contribution in [0.5, 0.6) is 0 Å². The first-order chi connectivity index (χ1) is 10.9. The molecule has 0 bridgehead atoms. The molecule has 23 heavy (non-hydrogen) atoms. The van der Waals surface area contributed by atoms with Crippen LogP contribution in [0.25, 0.3) is 0 Å². The average Bonchev–Trinajstić information content (AvgIpc) is 2.67. The summed E-state index contributed by atoms with van der Waals surface area (Å²) >= 11 is 5.54. The Hall–Kier alpha value is -1.61. The van der Waals surface area contributed by atoms with Crippen LogP contribution in [-0.4, -0.2) is 53.6 Å². The third-order valence-corrected chi connectivity index (χ3v) is 3.46. The van der Waals surface area contributed by atoms with Gasteiger partial charge in [0, 0.05) is 25.8 Å². The van der Waals surface area contributed by atoms with Gasteiger partial charge in [0.2, 0.25) is 11.2 Å². The van der Waals surface area contributed by atoms with Crippen molar-refractivity contribution in [3.63, 3.8) is 0 Å². The van der Waals surface area contributed by atoms with Crippen molar-refractivity contribution in [3.05, 3.63) is 17.0 Å². The predicted octanol–water partition coefficient (Wildman–Crippen LogP) is 2.20. The highest BCUT2D eigenvalue weighted by Gasteiger charge is 2.35. The lowest BCUT2D eigenvalue weighted by Crippen LogP contribution is -2.33. The number of halogens is 4. The van der Waals surface area contributed by atoms with E-state index in [1.807, 2.05) is 0 Å². The molecule has 1 saturated heterocycles. The fraction of sp³-hybridized carbons (Fsp3) is 0.615. The zero-order valence-corrected chi connectivity index (χ0v) is 13.0. The molecule has 1 N–H and O–H groups in total. The quantitative estimate of drug-likeness (QED) is 0.650. The van der Waals surface area contributed by atoms with Crippen molar-refractivity contribution in [1.29, 1.82) is 0 Å². The van der Waals surface area contributed by atoms with E-state index < -0.39 is 11.7 Å². The molecule has 0 unspecified atom stereocenters. The van der Waals surface area contributed by atoms with E-state index >= 15 is 0 Å². The standard InChI is InChI=1S/C13H16ClF3N4O2/c14-12-19-8-9(13(15,16)17)11(20-12)18-3-1-4-21-5-7-23-6-2-10(21)22/h8H,1-7H2,(H,18,19,20). The zero-order valence-electron chi connectivity index (χ0n) is 12.2. The van der Waals surface area contributed by atoms with Crippen molar-refractivity contribution in [2.24, 2.45) is 0 Å². The first-order valence-corrected chi connectivity index (χ1v) is 7.45. The lowest BCUT2D eigenvalue weighted by atomic mass is 10.3. The number of amides is 1. The molecule has 10 heteroatoms. The number of carbonyl (C=O) groups excluding carboxylic acids is 1. The lowest BCUT2D eigenvalue weighted by molar-refractivity contribution is -0.137. The average molecular weight is 353 g/mol. The van der Waals surface area contributed by atoms with Crippen LogP contribution >= 0.6 is 11.6 Å². The molecule has 6 nitrogen and oxygen atoms in total. The molecule has 1 aromatic rings. The molecular formula is C13H16ClF3N4O2. The van der Waals surface area contributed by atoms with E-state index in [1.165, 1.54) is 0 Å². The normalized spacial score (nSPS) is 16.3. The fourth-order valence-corrected chi connectivity index (χ4v) is 2.27. The Morgan fingerprint density at radius 3 is 2.91 bits per heavy atom. The summed E-state index contributed by atoms with van der Waals surface area (Å²) < 4.78 is 43.7. The first kappa shape index (κ1) is 17.7. The van der Waals surface area contributed by atoms with Gasteiger partial charge in [-0.1, -0.05) is 0 Å². The van der Waals surface area contributed by atoms with Gasteiger partial charge in [0.1, 0.15) is 11.4 Å². The molecule has 2 heterocycles. The van der Waals surface area contributed by atoms with Crippen LogP contribution in [0.15, 0.2) is 6.20 Å². The predicted molar refractivity (Wildman–Crippen MR) is 77.2 cm³/mol. The van der Waals surface area contributed by atoms with E-state index in [0.717, 1.165) is 0 Å². The van der Waals surface area contributed by atoms with Crippen molar-refractivity contribution >= 4 is 23.3 Å². The van der Waals surface area contributed by atoms with Crippen LogP contribution in [0.1, 0.15) is 18.4 Å². The molecule has 0 aliphatic carbocycles. The molecular weight excluding hydrogens is 337 g/mol. The number of hydrogen-bond acceptors (Lipinski definition) is 5. The van der Waals surface area contributed by atoms with Crippen LogP contribution in [0.2, 0.25) is 5.28 Å². The molecule has 0 atom stereocenters. The third-order valence-electron chi connectivity index (χ3n) is 3.28. The summed E-state index contributed by atoms with van der Waals surface area (Å²) in [4.78, 5) is 20.3. The summed E-state index contributed by atoms with van der Waals surface area (Å²) in [7, 11) is 0. The van der Waals surface area contributed by atoms with Crippen LogP contribution in [0.4, 0.5) is 19.0 Å². The van der Waals surface area contributed by atoms with Crippen molar-refractivity contribution in [3.8, 4) is 0 Å². The number of carbonyl (C=O) groups is 1. The molecule has 1 aromatic heterocycles. The van der Waals surface area contributed by atoms with Gasteiger partial charge in [-0.15, -0.1) is 0 Å². The number of aromatic nitrogens is 2. The molecule has 1 amide bonds. The second kappa shape index (κ2) is 7.78. The number of hydrogen-bond donors (Lipinski definition) is 1. The molecule has 0 saturated carbocycles. The molecule has 0 aromatic carbocycles. The number of rotatable bonds is 5. The van der Waals surface area contributed by atoms with Gasteiger partial charge >= 0.3 is 6.18 Å². The van der Waals surface area contributed by atoms with E-state index in [9.17, 15) is 18.0 Å². The lowest BCUT2D eigenvalue weighted by Gasteiger charge is -2.20. The van der Waals surface area contributed by atoms with Crippen LogP contribution in [-0.2, 0) is 15.7 Å². The Kier molecular flexibility index (Phi) is 6.00. The van der Waals surface area contributed by atoms with Crippen molar-refractivity contribution in [2.45, 2.75) is 19.0 Å². The summed E-state index contributed by atoms with van der Waals surface area (Å²) in [6.45, 7) is 2.03. The minimum absolute atomic E-state index is 0.0106. The van der Waals surface area contributed by atoms with Gasteiger partial charge < -0.3 is 15.0 Å². The monoisotopic (exact) mass is 352 g/mol. The topological polar surface area (TPSA) is 67.3 Å². The number of anilines is 1. The van der Waals surface area contributed by atoms with Gasteiger partial charge in [0.05, 0.1) is 19.6 Å². The third kappa shape index (κ3) is 5.21. The maximum atomic E-state index is 12.8. The maximum Gasteiger partial charge on any atom is 0.421 e. The fourth-order valence-electron chi connectivity index (χ4n) is 2.13. The molecule has 0 spiro atoms. The van der Waals surface area contributed by atoms with Gasteiger partial charge in [0.25, 0.3) is 0 Å². The summed E-state index contributed by atoms with van der Waals surface area (Å²) in [5.41, 5.74) is -0.971. The van der Waals surface area contributed by atoms with Gasteiger partial charge in [-0.3, -0.25) is 4.79 Å². The van der Waals surface area contributed by atoms with Gasteiger partial charge in [-0.05, 0) is 18.0 Å². The second-order valence-corrected chi connectivity index (χ2v) is 5.26. The summed E-state index contributed by atoms with van der Waals surface area (Å²) in [5, 5.41) is 2.34. The smallest absolute Gasteiger partial charge is 0.379 e.